The van der Waals surface area contributed by atoms with Crippen LogP contribution in [0.5, 0.6) is 0 Å². The van der Waals surface area contributed by atoms with Crippen molar-refractivity contribution in [2.45, 2.75) is 10.1 Å². The molecule has 0 aliphatic carbocycles. The molecular weight excluding hydrogens is 217 g/mol. The lowest BCUT2D eigenvalue weighted by Gasteiger charge is -2.00. The average molecular weight is 223 g/mol. The van der Waals surface area contributed by atoms with Crippen LogP contribution in [0.1, 0.15) is 0 Å². The minimum atomic E-state index is -0.521. The zero-order chi connectivity index (χ0) is 10.7. The van der Waals surface area contributed by atoms with Crippen LogP contribution < -0.4 is 5.73 Å². The molecule has 2 rings (SSSR count). The Balaban J connectivity index is 2.28. The molecule has 2 heterocycles. The normalized spacial score (nSPS) is 10.2. The van der Waals surface area contributed by atoms with Gasteiger partial charge in [0.2, 0.25) is 5.95 Å². The number of nitrogens with zero attached hydrogens (tertiary/aromatic N) is 4. The van der Waals surface area contributed by atoms with Gasteiger partial charge in [-0.05, 0) is 17.8 Å². The summed E-state index contributed by atoms with van der Waals surface area (Å²) in [6.07, 6.45) is 3.98. The van der Waals surface area contributed by atoms with Gasteiger partial charge in [0, 0.05) is 6.20 Å². The first-order chi connectivity index (χ1) is 7.25. The van der Waals surface area contributed by atoms with Gasteiger partial charge in [-0.2, -0.15) is 0 Å². The predicted octanol–water partition coefficient (Wildman–Crippen LogP) is 1.14. The van der Waals surface area contributed by atoms with E-state index in [4.69, 9.17) is 5.73 Å². The standard InChI is InChI=1S/C8H6FN5S/c9-5-3-12-8(10)14-7(5)15-6-1-2-11-4-13-6/h1-4H,(H2,10,12,14). The van der Waals surface area contributed by atoms with Crippen LogP contribution in [0.2, 0.25) is 0 Å². The van der Waals surface area contributed by atoms with Crippen LogP contribution in [0.3, 0.4) is 0 Å². The number of nitrogen functional groups attached to an aromatic ring is 1. The zero-order valence-corrected chi connectivity index (χ0v) is 8.28. The Morgan fingerprint density at radius 2 is 2.20 bits per heavy atom. The molecular formula is C8H6FN5S. The van der Waals surface area contributed by atoms with E-state index in [2.05, 4.69) is 19.9 Å². The van der Waals surface area contributed by atoms with Crippen molar-refractivity contribution in [3.8, 4) is 0 Å². The van der Waals surface area contributed by atoms with E-state index in [1.54, 1.807) is 12.3 Å². The monoisotopic (exact) mass is 223 g/mol. The highest BCUT2D eigenvalue weighted by Gasteiger charge is 2.07. The van der Waals surface area contributed by atoms with E-state index in [9.17, 15) is 4.39 Å². The highest BCUT2D eigenvalue weighted by atomic mass is 32.2. The van der Waals surface area contributed by atoms with E-state index < -0.39 is 5.82 Å². The maximum atomic E-state index is 13.2. The predicted molar refractivity (Wildman–Crippen MR) is 52.6 cm³/mol. The van der Waals surface area contributed by atoms with Crippen molar-refractivity contribution in [1.82, 2.24) is 19.9 Å². The van der Waals surface area contributed by atoms with Crippen LogP contribution in [0.4, 0.5) is 10.3 Å². The van der Waals surface area contributed by atoms with E-state index >= 15 is 0 Å². The molecule has 15 heavy (non-hydrogen) atoms. The summed E-state index contributed by atoms with van der Waals surface area (Å²) >= 11 is 1.07. The van der Waals surface area contributed by atoms with E-state index in [0.717, 1.165) is 18.0 Å². The third kappa shape index (κ3) is 2.38. The Hall–Kier alpha value is -1.76. The molecule has 76 valence electrons. The number of rotatable bonds is 2. The molecule has 7 heteroatoms. The fraction of sp³-hybridized carbons (Fsp3) is 0. The molecule has 0 aliphatic rings. The van der Waals surface area contributed by atoms with Gasteiger partial charge in [0.25, 0.3) is 0 Å². The second kappa shape index (κ2) is 4.18. The highest BCUT2D eigenvalue weighted by Crippen LogP contribution is 2.25. The topological polar surface area (TPSA) is 77.6 Å². The maximum absolute atomic E-state index is 13.2. The van der Waals surface area contributed by atoms with Crippen molar-refractivity contribution < 1.29 is 4.39 Å². The lowest BCUT2D eigenvalue weighted by atomic mass is 10.6. The van der Waals surface area contributed by atoms with Crippen LogP contribution in [0.15, 0.2) is 34.8 Å². The first-order valence-corrected chi connectivity index (χ1v) is 4.79. The molecule has 0 aromatic carbocycles. The molecule has 0 saturated heterocycles. The van der Waals surface area contributed by atoms with Crippen molar-refractivity contribution in [2.75, 3.05) is 5.73 Å². The molecule has 0 amide bonds. The van der Waals surface area contributed by atoms with Gasteiger partial charge in [-0.1, -0.05) is 0 Å². The van der Waals surface area contributed by atoms with Crippen molar-refractivity contribution in [1.29, 1.82) is 0 Å². The fourth-order valence-corrected chi connectivity index (χ4v) is 1.59. The van der Waals surface area contributed by atoms with Gasteiger partial charge in [-0.15, -0.1) is 0 Å². The quantitative estimate of drug-likeness (QED) is 0.769. The molecule has 0 radical (unpaired) electrons. The molecule has 0 atom stereocenters. The Morgan fingerprint density at radius 1 is 1.33 bits per heavy atom. The largest absolute Gasteiger partial charge is 0.368 e. The summed E-state index contributed by atoms with van der Waals surface area (Å²) in [5, 5.41) is 0.753. The van der Waals surface area contributed by atoms with Crippen LogP contribution in [-0.4, -0.2) is 19.9 Å². The Bertz CT molecular complexity index is 464. The first kappa shape index (κ1) is 9.78. The molecule has 2 aromatic heterocycles. The molecule has 2 aromatic rings. The van der Waals surface area contributed by atoms with Crippen molar-refractivity contribution in [2.24, 2.45) is 0 Å². The Labute approximate surface area is 89.0 Å². The molecule has 0 saturated carbocycles. The molecule has 0 fully saturated rings. The van der Waals surface area contributed by atoms with E-state index in [1.807, 2.05) is 0 Å². The van der Waals surface area contributed by atoms with Crippen LogP contribution in [0, 0.1) is 5.82 Å². The lowest BCUT2D eigenvalue weighted by molar-refractivity contribution is 0.580. The summed E-state index contributed by atoms with van der Waals surface area (Å²) < 4.78 is 13.2. The van der Waals surface area contributed by atoms with Gasteiger partial charge in [0.15, 0.2) is 5.82 Å². The molecule has 0 unspecified atom stereocenters. The maximum Gasteiger partial charge on any atom is 0.221 e. The van der Waals surface area contributed by atoms with Gasteiger partial charge in [-0.3, -0.25) is 0 Å². The molecule has 0 aliphatic heterocycles. The average Bonchev–Trinajstić information content (AvgIpc) is 2.25. The third-order valence-corrected chi connectivity index (χ3v) is 2.42. The summed E-state index contributed by atoms with van der Waals surface area (Å²) in [5.74, 6) is -0.485. The Morgan fingerprint density at radius 3 is 2.93 bits per heavy atom. The van der Waals surface area contributed by atoms with Crippen LogP contribution >= 0.6 is 11.8 Å². The van der Waals surface area contributed by atoms with E-state index in [-0.39, 0.29) is 11.0 Å². The zero-order valence-electron chi connectivity index (χ0n) is 7.46. The minimum absolute atomic E-state index is 0.0351. The summed E-state index contributed by atoms with van der Waals surface area (Å²) in [6.45, 7) is 0. The summed E-state index contributed by atoms with van der Waals surface area (Å²) in [4.78, 5) is 15.0. The van der Waals surface area contributed by atoms with Crippen molar-refractivity contribution in [3.63, 3.8) is 0 Å². The second-order valence-corrected chi connectivity index (χ2v) is 3.54. The van der Waals surface area contributed by atoms with E-state index in [1.165, 1.54) is 6.33 Å². The smallest absolute Gasteiger partial charge is 0.221 e. The summed E-state index contributed by atoms with van der Waals surface area (Å²) in [6, 6.07) is 1.66. The number of anilines is 1. The number of aromatic nitrogens is 4. The number of halogens is 1. The fourth-order valence-electron chi connectivity index (χ4n) is 0.874. The van der Waals surface area contributed by atoms with Crippen molar-refractivity contribution in [3.05, 3.63) is 30.6 Å². The summed E-state index contributed by atoms with van der Waals surface area (Å²) in [7, 11) is 0. The number of nitrogens with two attached hydrogens (primary N) is 1. The highest BCUT2D eigenvalue weighted by molar-refractivity contribution is 7.99. The molecule has 0 bridgehead atoms. The summed E-state index contributed by atoms with van der Waals surface area (Å²) in [5.41, 5.74) is 5.35. The van der Waals surface area contributed by atoms with Gasteiger partial charge >= 0.3 is 0 Å². The van der Waals surface area contributed by atoms with Gasteiger partial charge in [-0.25, -0.2) is 24.3 Å². The molecule has 5 nitrogen and oxygen atoms in total. The molecule has 0 spiro atoms. The number of hydrogen-bond acceptors (Lipinski definition) is 6. The minimum Gasteiger partial charge on any atom is -0.368 e. The molecule has 2 N–H and O–H groups in total. The number of hydrogen-bond donors (Lipinski definition) is 1. The van der Waals surface area contributed by atoms with Gasteiger partial charge in [0.05, 0.1) is 6.20 Å². The van der Waals surface area contributed by atoms with Crippen LogP contribution in [-0.2, 0) is 0 Å². The van der Waals surface area contributed by atoms with Gasteiger partial charge in [0.1, 0.15) is 16.4 Å². The lowest BCUT2D eigenvalue weighted by Crippen LogP contribution is -1.98. The third-order valence-electron chi connectivity index (χ3n) is 1.49. The first-order valence-electron chi connectivity index (χ1n) is 3.97. The van der Waals surface area contributed by atoms with Crippen molar-refractivity contribution >= 4 is 17.7 Å². The van der Waals surface area contributed by atoms with Crippen LogP contribution in [0.25, 0.3) is 0 Å². The second-order valence-electron chi connectivity index (χ2n) is 2.53. The Kier molecular flexibility index (Phi) is 2.72. The SMILES string of the molecule is Nc1ncc(F)c(Sc2ccncn2)n1. The van der Waals surface area contributed by atoms with E-state index in [0.29, 0.717) is 5.03 Å². The van der Waals surface area contributed by atoms with Gasteiger partial charge < -0.3 is 5.73 Å².